The van der Waals surface area contributed by atoms with Crippen LogP contribution in [0.15, 0.2) is 53.7 Å². The minimum atomic E-state index is 0.259. The topological polar surface area (TPSA) is 85.2 Å². The van der Waals surface area contributed by atoms with Gasteiger partial charge in [0.1, 0.15) is 11.3 Å². The lowest BCUT2D eigenvalue weighted by molar-refractivity contribution is 0.116. The van der Waals surface area contributed by atoms with Gasteiger partial charge in [0.2, 0.25) is 11.7 Å². The fourth-order valence-electron chi connectivity index (χ4n) is 3.07. The van der Waals surface area contributed by atoms with E-state index >= 15 is 0 Å². The molecule has 8 nitrogen and oxygen atoms in total. The molecule has 1 aliphatic rings. The van der Waals surface area contributed by atoms with E-state index in [1.807, 2.05) is 28.8 Å². The summed E-state index contributed by atoms with van der Waals surface area (Å²) in [7, 11) is 0. The van der Waals surface area contributed by atoms with Crippen LogP contribution in [0.1, 0.15) is 17.5 Å². The van der Waals surface area contributed by atoms with Gasteiger partial charge in [-0.3, -0.25) is 9.88 Å². The van der Waals surface area contributed by atoms with Crippen molar-refractivity contribution in [3.63, 3.8) is 0 Å². The first-order chi connectivity index (χ1) is 12.3. The quantitative estimate of drug-likeness (QED) is 0.562. The fourth-order valence-corrected chi connectivity index (χ4v) is 3.07. The number of nitrogens with zero attached hydrogens (tertiary/aromatic N) is 7. The second kappa shape index (κ2) is 5.75. The monoisotopic (exact) mass is 333 g/mol. The number of imidazole rings is 1. The van der Waals surface area contributed by atoms with Crippen molar-refractivity contribution in [2.24, 2.45) is 0 Å². The van der Waals surface area contributed by atoms with Gasteiger partial charge in [0.25, 0.3) is 0 Å². The molecule has 0 atom stereocenters. The first-order valence-electron chi connectivity index (χ1n) is 8.10. The summed E-state index contributed by atoms with van der Waals surface area (Å²) in [6.07, 6.45) is 8.95. The predicted octanol–water partition coefficient (Wildman–Crippen LogP) is 1.77. The average molecular weight is 333 g/mol. The van der Waals surface area contributed by atoms with Gasteiger partial charge in [-0.05, 0) is 12.1 Å². The smallest absolute Gasteiger partial charge is 0.232 e. The Morgan fingerprint density at radius 1 is 1.16 bits per heavy atom. The lowest BCUT2D eigenvalue weighted by atomic mass is 10.00. The van der Waals surface area contributed by atoms with E-state index in [9.17, 15) is 0 Å². The summed E-state index contributed by atoms with van der Waals surface area (Å²) in [4.78, 5) is 19.6. The molecule has 0 saturated carbocycles. The summed E-state index contributed by atoms with van der Waals surface area (Å²) >= 11 is 0. The molecule has 1 saturated heterocycles. The van der Waals surface area contributed by atoms with Crippen molar-refractivity contribution in [2.45, 2.75) is 12.5 Å². The summed E-state index contributed by atoms with van der Waals surface area (Å²) in [6, 6.07) is 6.01. The zero-order valence-corrected chi connectivity index (χ0v) is 13.4. The van der Waals surface area contributed by atoms with Crippen molar-refractivity contribution >= 4 is 5.65 Å². The van der Waals surface area contributed by atoms with Crippen LogP contribution in [-0.2, 0) is 6.54 Å². The lowest BCUT2D eigenvalue weighted by Crippen LogP contribution is -2.44. The molecule has 5 heterocycles. The number of pyridine rings is 1. The summed E-state index contributed by atoms with van der Waals surface area (Å²) in [5.41, 5.74) is 2.66. The molecule has 0 aliphatic carbocycles. The molecule has 124 valence electrons. The Balaban J connectivity index is 1.24. The van der Waals surface area contributed by atoms with Crippen molar-refractivity contribution in [2.75, 3.05) is 13.1 Å². The molecule has 8 heteroatoms. The molecule has 0 unspecified atom stereocenters. The van der Waals surface area contributed by atoms with Crippen molar-refractivity contribution in [3.05, 3.63) is 60.8 Å². The van der Waals surface area contributed by atoms with E-state index in [4.69, 9.17) is 4.52 Å². The minimum Gasteiger partial charge on any atom is -0.339 e. The second-order valence-corrected chi connectivity index (χ2v) is 6.14. The Bertz CT molecular complexity index is 971. The van der Waals surface area contributed by atoms with Crippen LogP contribution < -0.4 is 0 Å². The van der Waals surface area contributed by atoms with Gasteiger partial charge >= 0.3 is 0 Å². The highest BCUT2D eigenvalue weighted by Gasteiger charge is 2.33. The Morgan fingerprint density at radius 2 is 2.12 bits per heavy atom. The summed E-state index contributed by atoms with van der Waals surface area (Å²) in [6.45, 7) is 2.59. The third-order valence-electron chi connectivity index (χ3n) is 4.34. The Kier molecular flexibility index (Phi) is 3.27. The van der Waals surface area contributed by atoms with Gasteiger partial charge in [-0.15, -0.1) is 0 Å². The maximum Gasteiger partial charge on any atom is 0.232 e. The third-order valence-corrected chi connectivity index (χ3v) is 4.34. The SMILES string of the molecule is c1ccn2cc(CN3CC(c4nc(-c5cnccn5)no4)C3)nc2c1. The van der Waals surface area contributed by atoms with Gasteiger partial charge in [0.15, 0.2) is 0 Å². The molecule has 5 rings (SSSR count). The largest absolute Gasteiger partial charge is 0.339 e. The van der Waals surface area contributed by atoms with E-state index < -0.39 is 0 Å². The maximum atomic E-state index is 5.39. The standard InChI is InChI=1S/C17H15N7O/c1-2-6-24-11-13(20-15(24)3-1)10-23-8-12(9-23)17-21-16(22-25-17)14-7-18-4-5-19-14/h1-7,11-12H,8-10H2. The second-order valence-electron chi connectivity index (χ2n) is 6.14. The van der Waals surface area contributed by atoms with E-state index in [-0.39, 0.29) is 5.92 Å². The van der Waals surface area contributed by atoms with Crippen LogP contribution in [0.3, 0.4) is 0 Å². The van der Waals surface area contributed by atoms with E-state index in [2.05, 4.69) is 36.2 Å². The molecule has 0 spiro atoms. The van der Waals surface area contributed by atoms with E-state index in [0.29, 0.717) is 17.4 Å². The van der Waals surface area contributed by atoms with Crippen LogP contribution in [0.5, 0.6) is 0 Å². The van der Waals surface area contributed by atoms with Gasteiger partial charge in [-0.25, -0.2) is 9.97 Å². The Hall–Kier alpha value is -3.13. The number of fused-ring (bicyclic) bond motifs is 1. The molecule has 25 heavy (non-hydrogen) atoms. The molecular weight excluding hydrogens is 318 g/mol. The highest BCUT2D eigenvalue weighted by molar-refractivity contribution is 5.45. The summed E-state index contributed by atoms with van der Waals surface area (Å²) in [5.74, 6) is 1.41. The van der Waals surface area contributed by atoms with Gasteiger partial charge < -0.3 is 8.92 Å². The number of likely N-dealkylation sites (tertiary alicyclic amines) is 1. The zero-order chi connectivity index (χ0) is 16.6. The molecule has 1 fully saturated rings. The van der Waals surface area contributed by atoms with Crippen molar-refractivity contribution in [3.8, 4) is 11.5 Å². The van der Waals surface area contributed by atoms with Crippen LogP contribution in [0, 0.1) is 0 Å². The highest BCUT2D eigenvalue weighted by Crippen LogP contribution is 2.28. The molecule has 4 aromatic heterocycles. The van der Waals surface area contributed by atoms with E-state index in [1.54, 1.807) is 18.6 Å². The molecular formula is C17H15N7O. The molecule has 0 aromatic carbocycles. The minimum absolute atomic E-state index is 0.259. The van der Waals surface area contributed by atoms with Gasteiger partial charge in [0.05, 0.1) is 17.8 Å². The Morgan fingerprint density at radius 3 is 2.96 bits per heavy atom. The normalized spacial score (nSPS) is 15.5. The van der Waals surface area contributed by atoms with E-state index in [0.717, 1.165) is 31.0 Å². The zero-order valence-electron chi connectivity index (χ0n) is 13.4. The molecule has 0 radical (unpaired) electrons. The van der Waals surface area contributed by atoms with E-state index in [1.165, 1.54) is 0 Å². The van der Waals surface area contributed by atoms with Gasteiger partial charge in [0, 0.05) is 44.4 Å². The fraction of sp³-hybridized carbons (Fsp3) is 0.235. The number of hydrogen-bond acceptors (Lipinski definition) is 7. The highest BCUT2D eigenvalue weighted by atomic mass is 16.5. The van der Waals surface area contributed by atoms with Crippen LogP contribution in [0.2, 0.25) is 0 Å². The van der Waals surface area contributed by atoms with Crippen LogP contribution in [0.25, 0.3) is 17.2 Å². The third kappa shape index (κ3) is 2.66. The molecule has 0 N–H and O–H groups in total. The summed E-state index contributed by atoms with van der Waals surface area (Å²) in [5, 5.41) is 4.00. The first kappa shape index (κ1) is 14.2. The molecule has 0 amide bonds. The number of rotatable bonds is 4. The maximum absolute atomic E-state index is 5.39. The average Bonchev–Trinajstić information content (AvgIpc) is 3.25. The van der Waals surface area contributed by atoms with Crippen LogP contribution in [0.4, 0.5) is 0 Å². The number of aromatic nitrogens is 6. The molecule has 1 aliphatic heterocycles. The first-order valence-corrected chi connectivity index (χ1v) is 8.10. The van der Waals surface area contributed by atoms with Crippen molar-refractivity contribution in [1.29, 1.82) is 0 Å². The van der Waals surface area contributed by atoms with Crippen molar-refractivity contribution in [1.82, 2.24) is 34.4 Å². The van der Waals surface area contributed by atoms with Gasteiger partial charge in [-0.1, -0.05) is 11.2 Å². The molecule has 0 bridgehead atoms. The predicted molar refractivity (Wildman–Crippen MR) is 88.5 cm³/mol. The number of hydrogen-bond donors (Lipinski definition) is 0. The molecule has 4 aromatic rings. The summed E-state index contributed by atoms with van der Waals surface area (Å²) < 4.78 is 7.43. The van der Waals surface area contributed by atoms with Gasteiger partial charge in [-0.2, -0.15) is 4.98 Å². The van der Waals surface area contributed by atoms with Crippen molar-refractivity contribution < 1.29 is 4.52 Å². The Labute approximate surface area is 143 Å². The van der Waals surface area contributed by atoms with Crippen LogP contribution >= 0.6 is 0 Å². The lowest BCUT2D eigenvalue weighted by Gasteiger charge is -2.36. The van der Waals surface area contributed by atoms with Crippen LogP contribution in [-0.4, -0.2) is 47.5 Å².